The van der Waals surface area contributed by atoms with Gasteiger partial charge in [0.05, 0.1) is 12.3 Å². The van der Waals surface area contributed by atoms with Crippen molar-refractivity contribution in [3.8, 4) is 5.75 Å². The first-order valence-electron chi connectivity index (χ1n) is 8.09. The van der Waals surface area contributed by atoms with Gasteiger partial charge in [-0.25, -0.2) is 0 Å². The SMILES string of the molecule is CCOc1ccc(CCc2cn(CC)nn2)cc1C(C)(C)C. The Hall–Kier alpha value is -1.84. The second kappa shape index (κ2) is 6.95. The quantitative estimate of drug-likeness (QED) is 0.815. The maximum absolute atomic E-state index is 5.77. The monoisotopic (exact) mass is 301 g/mol. The van der Waals surface area contributed by atoms with Gasteiger partial charge in [0.1, 0.15) is 5.75 Å². The Morgan fingerprint density at radius 3 is 2.50 bits per heavy atom. The van der Waals surface area contributed by atoms with Gasteiger partial charge in [-0.15, -0.1) is 5.10 Å². The van der Waals surface area contributed by atoms with Crippen LogP contribution in [-0.2, 0) is 24.8 Å². The Bertz CT molecular complexity index is 611. The third-order valence-electron chi connectivity index (χ3n) is 3.73. The van der Waals surface area contributed by atoms with E-state index in [9.17, 15) is 0 Å². The number of benzene rings is 1. The molecule has 0 N–H and O–H groups in total. The summed E-state index contributed by atoms with van der Waals surface area (Å²) in [7, 11) is 0. The van der Waals surface area contributed by atoms with E-state index in [1.54, 1.807) is 0 Å². The van der Waals surface area contributed by atoms with E-state index < -0.39 is 0 Å². The van der Waals surface area contributed by atoms with Crippen molar-refractivity contribution in [3.63, 3.8) is 0 Å². The summed E-state index contributed by atoms with van der Waals surface area (Å²) in [6.45, 7) is 12.3. The molecule has 0 saturated heterocycles. The molecule has 0 spiro atoms. The highest BCUT2D eigenvalue weighted by Gasteiger charge is 2.19. The van der Waals surface area contributed by atoms with Crippen LogP contribution in [0, 0.1) is 0 Å². The van der Waals surface area contributed by atoms with Crippen LogP contribution in [0.5, 0.6) is 5.75 Å². The largest absolute Gasteiger partial charge is 0.494 e. The van der Waals surface area contributed by atoms with E-state index in [1.165, 1.54) is 11.1 Å². The lowest BCUT2D eigenvalue weighted by molar-refractivity contribution is 0.329. The fourth-order valence-corrected chi connectivity index (χ4v) is 2.48. The summed E-state index contributed by atoms with van der Waals surface area (Å²) in [6.07, 6.45) is 3.91. The van der Waals surface area contributed by atoms with Crippen LogP contribution in [0.25, 0.3) is 0 Å². The molecule has 0 radical (unpaired) electrons. The molecule has 0 bridgehead atoms. The van der Waals surface area contributed by atoms with Crippen LogP contribution in [0.1, 0.15) is 51.4 Å². The van der Waals surface area contributed by atoms with Crippen LogP contribution in [0.2, 0.25) is 0 Å². The minimum atomic E-state index is 0.0753. The number of hydrogen-bond donors (Lipinski definition) is 0. The van der Waals surface area contributed by atoms with Gasteiger partial charge in [-0.3, -0.25) is 4.68 Å². The second-order valence-corrected chi connectivity index (χ2v) is 6.58. The molecule has 4 heteroatoms. The normalized spacial score (nSPS) is 11.7. The maximum atomic E-state index is 5.77. The third kappa shape index (κ3) is 4.09. The summed E-state index contributed by atoms with van der Waals surface area (Å²) < 4.78 is 7.64. The zero-order chi connectivity index (χ0) is 16.2. The fraction of sp³-hybridized carbons (Fsp3) is 0.556. The highest BCUT2D eigenvalue weighted by atomic mass is 16.5. The van der Waals surface area contributed by atoms with Gasteiger partial charge in [0.25, 0.3) is 0 Å². The molecule has 0 atom stereocenters. The number of nitrogens with zero attached hydrogens (tertiary/aromatic N) is 3. The van der Waals surface area contributed by atoms with Crippen molar-refractivity contribution in [1.82, 2.24) is 15.0 Å². The van der Waals surface area contributed by atoms with Crippen LogP contribution in [0.3, 0.4) is 0 Å². The van der Waals surface area contributed by atoms with Gasteiger partial charge in [-0.2, -0.15) is 0 Å². The molecule has 0 unspecified atom stereocenters. The van der Waals surface area contributed by atoms with Crippen molar-refractivity contribution >= 4 is 0 Å². The van der Waals surface area contributed by atoms with Gasteiger partial charge >= 0.3 is 0 Å². The molecule has 0 aliphatic carbocycles. The van der Waals surface area contributed by atoms with E-state index in [0.717, 1.165) is 30.8 Å². The van der Waals surface area contributed by atoms with E-state index >= 15 is 0 Å². The molecule has 2 aromatic rings. The molecule has 1 heterocycles. The molecule has 0 aliphatic heterocycles. The van der Waals surface area contributed by atoms with E-state index in [0.29, 0.717) is 6.61 Å². The Kier molecular flexibility index (Phi) is 5.22. The molecular formula is C18H27N3O. The van der Waals surface area contributed by atoms with Crippen molar-refractivity contribution < 1.29 is 4.74 Å². The van der Waals surface area contributed by atoms with Crippen LogP contribution in [0.15, 0.2) is 24.4 Å². The van der Waals surface area contributed by atoms with Crippen molar-refractivity contribution in [2.45, 2.75) is 59.4 Å². The summed E-state index contributed by atoms with van der Waals surface area (Å²) in [4.78, 5) is 0. The minimum absolute atomic E-state index is 0.0753. The highest BCUT2D eigenvalue weighted by molar-refractivity contribution is 5.41. The summed E-state index contributed by atoms with van der Waals surface area (Å²) in [5.41, 5.74) is 3.71. The van der Waals surface area contributed by atoms with Gasteiger partial charge < -0.3 is 4.74 Å². The average molecular weight is 301 g/mol. The summed E-state index contributed by atoms with van der Waals surface area (Å²) in [6, 6.07) is 6.53. The van der Waals surface area contributed by atoms with Gasteiger partial charge in [0, 0.05) is 12.7 Å². The number of aryl methyl sites for hydroxylation is 3. The first-order chi connectivity index (χ1) is 10.4. The second-order valence-electron chi connectivity index (χ2n) is 6.58. The predicted octanol–water partition coefficient (Wildman–Crippen LogP) is 3.78. The molecule has 0 aliphatic rings. The smallest absolute Gasteiger partial charge is 0.123 e. The Morgan fingerprint density at radius 2 is 1.91 bits per heavy atom. The van der Waals surface area contributed by atoms with E-state index in [2.05, 4.69) is 56.2 Å². The lowest BCUT2D eigenvalue weighted by atomic mass is 9.85. The van der Waals surface area contributed by atoms with E-state index in [-0.39, 0.29) is 5.41 Å². The molecule has 120 valence electrons. The summed E-state index contributed by atoms with van der Waals surface area (Å²) in [5.74, 6) is 0.996. The number of aromatic nitrogens is 3. The average Bonchev–Trinajstić information content (AvgIpc) is 2.93. The van der Waals surface area contributed by atoms with Gasteiger partial charge in [-0.05, 0) is 49.3 Å². The van der Waals surface area contributed by atoms with E-state index in [1.807, 2.05) is 17.8 Å². The van der Waals surface area contributed by atoms with Crippen molar-refractivity contribution in [3.05, 3.63) is 41.2 Å². The Balaban J connectivity index is 2.14. The molecule has 4 nitrogen and oxygen atoms in total. The summed E-state index contributed by atoms with van der Waals surface area (Å²) in [5, 5.41) is 8.30. The zero-order valence-corrected chi connectivity index (χ0v) is 14.4. The lowest BCUT2D eigenvalue weighted by Gasteiger charge is -2.23. The van der Waals surface area contributed by atoms with Crippen molar-refractivity contribution in [1.29, 1.82) is 0 Å². The number of ether oxygens (including phenoxy) is 1. The maximum Gasteiger partial charge on any atom is 0.123 e. The van der Waals surface area contributed by atoms with Crippen LogP contribution in [0.4, 0.5) is 0 Å². The minimum Gasteiger partial charge on any atom is -0.494 e. The Labute approximate surface area is 133 Å². The van der Waals surface area contributed by atoms with Gasteiger partial charge in [-0.1, -0.05) is 38.1 Å². The van der Waals surface area contributed by atoms with Crippen LogP contribution >= 0.6 is 0 Å². The first-order valence-corrected chi connectivity index (χ1v) is 8.09. The molecule has 0 amide bonds. The topological polar surface area (TPSA) is 39.9 Å². The van der Waals surface area contributed by atoms with Gasteiger partial charge in [0.15, 0.2) is 0 Å². The van der Waals surface area contributed by atoms with E-state index in [4.69, 9.17) is 4.74 Å². The third-order valence-corrected chi connectivity index (χ3v) is 3.73. The van der Waals surface area contributed by atoms with Crippen LogP contribution in [-0.4, -0.2) is 21.6 Å². The highest BCUT2D eigenvalue weighted by Crippen LogP contribution is 2.32. The van der Waals surface area contributed by atoms with Crippen molar-refractivity contribution in [2.24, 2.45) is 0 Å². The summed E-state index contributed by atoms with van der Waals surface area (Å²) >= 11 is 0. The first kappa shape index (κ1) is 16.5. The standard InChI is InChI=1S/C18H27N3O/c1-6-21-13-15(19-20-21)10-8-14-9-11-17(22-7-2)16(12-14)18(3,4)5/h9,11-13H,6-8,10H2,1-5H3. The lowest BCUT2D eigenvalue weighted by Crippen LogP contribution is -2.14. The Morgan fingerprint density at radius 1 is 1.14 bits per heavy atom. The molecule has 0 saturated carbocycles. The zero-order valence-electron chi connectivity index (χ0n) is 14.4. The molecule has 1 aromatic heterocycles. The van der Waals surface area contributed by atoms with Crippen LogP contribution < -0.4 is 4.74 Å². The number of hydrogen-bond acceptors (Lipinski definition) is 3. The molecular weight excluding hydrogens is 274 g/mol. The number of rotatable bonds is 6. The predicted molar refractivity (Wildman–Crippen MR) is 89.4 cm³/mol. The fourth-order valence-electron chi connectivity index (χ4n) is 2.48. The molecule has 0 fully saturated rings. The molecule has 1 aromatic carbocycles. The molecule has 2 rings (SSSR count). The molecule has 22 heavy (non-hydrogen) atoms. The van der Waals surface area contributed by atoms with Gasteiger partial charge in [0.2, 0.25) is 0 Å². The van der Waals surface area contributed by atoms with Crippen molar-refractivity contribution in [2.75, 3.05) is 6.61 Å².